The second-order valence-electron chi connectivity index (χ2n) is 9.65. The molecule has 0 radical (unpaired) electrons. The Kier molecular flexibility index (Phi) is 8.48. The number of methoxy groups -OCH3 is 1. The van der Waals surface area contributed by atoms with Crippen molar-refractivity contribution in [2.75, 3.05) is 12.9 Å². The number of thioether (sulfide) groups is 1. The van der Waals surface area contributed by atoms with Crippen molar-refractivity contribution >= 4 is 30.0 Å². The molecular formula is C29H31N5O3S. The fraction of sp³-hybridized carbons (Fsp3) is 0.241. The molecule has 2 aromatic carbocycles. The average molecular weight is 530 g/mol. The number of allylic oxidation sites excluding steroid dienone is 1. The molecule has 8 nitrogen and oxygen atoms in total. The Hall–Kier alpha value is -4.11. The van der Waals surface area contributed by atoms with E-state index < -0.39 is 0 Å². The van der Waals surface area contributed by atoms with Crippen LogP contribution in [0.2, 0.25) is 0 Å². The molecule has 0 aliphatic rings. The van der Waals surface area contributed by atoms with Crippen molar-refractivity contribution in [1.82, 2.24) is 20.2 Å². The van der Waals surface area contributed by atoms with Crippen molar-refractivity contribution in [1.29, 1.82) is 0 Å². The van der Waals surface area contributed by atoms with Gasteiger partial charge < -0.3 is 9.15 Å². The summed E-state index contributed by atoms with van der Waals surface area (Å²) >= 11 is 1.29. The Morgan fingerprint density at radius 2 is 1.84 bits per heavy atom. The van der Waals surface area contributed by atoms with Crippen LogP contribution in [-0.2, 0) is 10.2 Å². The van der Waals surface area contributed by atoms with E-state index in [1.165, 1.54) is 17.3 Å². The standard InChI is InChI=1S/C29H31N5O3S/c1-20(17-25-7-6-16-37-25)18-30-31-26(35)19-38-28-33-32-27(21-8-10-22(11-9-21)29(2,3)4)34(28)23-12-14-24(36-5)15-13-23/h6-18H,19H2,1-5H3,(H,31,35)/b20-17+,30-18-. The van der Waals surface area contributed by atoms with Crippen molar-refractivity contribution < 1.29 is 13.9 Å². The maximum Gasteiger partial charge on any atom is 0.250 e. The molecule has 0 fully saturated rings. The molecular weight excluding hydrogens is 498 g/mol. The summed E-state index contributed by atoms with van der Waals surface area (Å²) in [6.45, 7) is 8.42. The summed E-state index contributed by atoms with van der Waals surface area (Å²) in [5.41, 5.74) is 6.48. The van der Waals surface area contributed by atoms with Crippen LogP contribution in [-0.4, -0.2) is 39.7 Å². The van der Waals surface area contributed by atoms with E-state index in [-0.39, 0.29) is 17.1 Å². The number of hydrazone groups is 1. The Morgan fingerprint density at radius 1 is 1.11 bits per heavy atom. The lowest BCUT2D eigenvalue weighted by molar-refractivity contribution is -0.118. The van der Waals surface area contributed by atoms with E-state index in [9.17, 15) is 4.79 Å². The fourth-order valence-corrected chi connectivity index (χ4v) is 4.38. The maximum absolute atomic E-state index is 12.5. The van der Waals surface area contributed by atoms with Gasteiger partial charge in [-0.2, -0.15) is 5.10 Å². The Balaban J connectivity index is 1.52. The van der Waals surface area contributed by atoms with Crippen LogP contribution in [0.5, 0.6) is 5.75 Å². The molecule has 38 heavy (non-hydrogen) atoms. The number of rotatable bonds is 9. The third kappa shape index (κ3) is 6.80. The van der Waals surface area contributed by atoms with Crippen LogP contribution in [0, 0.1) is 0 Å². The van der Waals surface area contributed by atoms with Crippen LogP contribution in [0.3, 0.4) is 0 Å². The number of amides is 1. The zero-order chi connectivity index (χ0) is 27.1. The minimum absolute atomic E-state index is 0.0478. The molecule has 0 aliphatic carbocycles. The van der Waals surface area contributed by atoms with Gasteiger partial charge in [-0.1, -0.05) is 56.8 Å². The van der Waals surface area contributed by atoms with Gasteiger partial charge in [0, 0.05) is 11.3 Å². The van der Waals surface area contributed by atoms with Gasteiger partial charge in [0.15, 0.2) is 11.0 Å². The van der Waals surface area contributed by atoms with E-state index >= 15 is 0 Å². The van der Waals surface area contributed by atoms with Crippen molar-refractivity contribution in [2.45, 2.75) is 38.3 Å². The lowest BCUT2D eigenvalue weighted by atomic mass is 9.87. The normalized spacial score (nSPS) is 12.2. The Labute approximate surface area is 226 Å². The van der Waals surface area contributed by atoms with Crippen LogP contribution in [0.15, 0.2) is 87.2 Å². The first-order valence-corrected chi connectivity index (χ1v) is 13.1. The molecule has 9 heteroatoms. The highest BCUT2D eigenvalue weighted by Crippen LogP contribution is 2.30. The van der Waals surface area contributed by atoms with Crippen molar-refractivity contribution in [3.63, 3.8) is 0 Å². The van der Waals surface area contributed by atoms with Gasteiger partial charge >= 0.3 is 0 Å². The quantitative estimate of drug-likeness (QED) is 0.159. The molecule has 4 aromatic rings. The van der Waals surface area contributed by atoms with E-state index in [0.29, 0.717) is 11.0 Å². The SMILES string of the molecule is COc1ccc(-n2c(SCC(=O)N/N=C\C(C)=C\c3ccco3)nnc2-c2ccc(C(C)(C)C)cc2)cc1. The first-order valence-electron chi connectivity index (χ1n) is 12.1. The van der Waals surface area contributed by atoms with Crippen molar-refractivity contribution in [3.05, 3.63) is 83.8 Å². The summed E-state index contributed by atoms with van der Waals surface area (Å²) in [7, 11) is 1.63. The third-order valence-corrected chi connectivity index (χ3v) is 6.60. The number of nitrogens with one attached hydrogen (secondary N) is 1. The van der Waals surface area contributed by atoms with Gasteiger partial charge in [-0.15, -0.1) is 10.2 Å². The molecule has 0 spiro atoms. The summed E-state index contributed by atoms with van der Waals surface area (Å²) in [6, 6.07) is 19.6. The number of aromatic nitrogens is 3. The molecule has 4 rings (SSSR count). The second-order valence-corrected chi connectivity index (χ2v) is 10.6. The highest BCUT2D eigenvalue weighted by molar-refractivity contribution is 7.99. The van der Waals surface area contributed by atoms with E-state index in [0.717, 1.165) is 28.3 Å². The molecule has 0 saturated carbocycles. The number of hydrogen-bond acceptors (Lipinski definition) is 7. The van der Waals surface area contributed by atoms with Crippen LogP contribution >= 0.6 is 11.8 Å². The Bertz CT molecular complexity index is 1410. The summed E-state index contributed by atoms with van der Waals surface area (Å²) in [5, 5.41) is 13.5. The Morgan fingerprint density at radius 3 is 2.47 bits per heavy atom. The monoisotopic (exact) mass is 529 g/mol. The lowest BCUT2D eigenvalue weighted by Gasteiger charge is -2.19. The molecule has 196 valence electrons. The highest BCUT2D eigenvalue weighted by atomic mass is 32.2. The minimum Gasteiger partial charge on any atom is -0.497 e. The second kappa shape index (κ2) is 12.0. The van der Waals surface area contributed by atoms with Gasteiger partial charge in [-0.05, 0) is 65.9 Å². The molecule has 0 atom stereocenters. The molecule has 0 aliphatic heterocycles. The molecule has 1 amide bonds. The van der Waals surface area contributed by atoms with Gasteiger partial charge in [-0.3, -0.25) is 9.36 Å². The fourth-order valence-electron chi connectivity index (χ4n) is 3.64. The average Bonchev–Trinajstić information content (AvgIpc) is 3.57. The predicted octanol–water partition coefficient (Wildman–Crippen LogP) is 6.13. The summed E-state index contributed by atoms with van der Waals surface area (Å²) in [5.74, 6) is 2.03. The minimum atomic E-state index is -0.252. The van der Waals surface area contributed by atoms with Crippen LogP contribution in [0.4, 0.5) is 0 Å². The van der Waals surface area contributed by atoms with E-state index in [4.69, 9.17) is 9.15 Å². The topological polar surface area (TPSA) is 94.5 Å². The zero-order valence-electron chi connectivity index (χ0n) is 22.1. The predicted molar refractivity (Wildman–Crippen MR) is 152 cm³/mol. The van der Waals surface area contributed by atoms with Gasteiger partial charge in [0.1, 0.15) is 11.5 Å². The molecule has 2 aromatic heterocycles. The maximum atomic E-state index is 12.5. The van der Waals surface area contributed by atoms with E-state index in [1.54, 1.807) is 19.6 Å². The van der Waals surface area contributed by atoms with E-state index in [2.05, 4.69) is 65.8 Å². The molecule has 2 heterocycles. The lowest BCUT2D eigenvalue weighted by Crippen LogP contribution is -2.20. The number of carbonyl (C=O) groups excluding carboxylic acids is 1. The summed E-state index contributed by atoms with van der Waals surface area (Å²) in [6.07, 6.45) is 5.01. The number of furan rings is 1. The van der Waals surface area contributed by atoms with Crippen LogP contribution in [0.1, 0.15) is 39.0 Å². The van der Waals surface area contributed by atoms with Crippen molar-refractivity contribution in [3.8, 4) is 22.8 Å². The molecule has 0 bridgehead atoms. The zero-order valence-corrected chi connectivity index (χ0v) is 23.0. The van der Waals surface area contributed by atoms with Crippen LogP contribution in [0.25, 0.3) is 23.2 Å². The largest absolute Gasteiger partial charge is 0.497 e. The van der Waals surface area contributed by atoms with E-state index in [1.807, 2.05) is 54.0 Å². The number of carbonyl (C=O) groups is 1. The summed E-state index contributed by atoms with van der Waals surface area (Å²) < 4.78 is 12.5. The molecule has 0 unspecified atom stereocenters. The van der Waals surface area contributed by atoms with Gasteiger partial charge in [0.05, 0.1) is 25.3 Å². The van der Waals surface area contributed by atoms with Crippen molar-refractivity contribution in [2.24, 2.45) is 5.10 Å². The van der Waals surface area contributed by atoms with Gasteiger partial charge in [-0.25, -0.2) is 5.43 Å². The van der Waals surface area contributed by atoms with Gasteiger partial charge in [0.25, 0.3) is 5.91 Å². The first kappa shape index (κ1) is 26.9. The van der Waals surface area contributed by atoms with Gasteiger partial charge in [0.2, 0.25) is 0 Å². The number of hydrogen-bond donors (Lipinski definition) is 1. The molecule has 1 N–H and O–H groups in total. The van der Waals surface area contributed by atoms with Crippen LogP contribution < -0.4 is 10.2 Å². The highest BCUT2D eigenvalue weighted by Gasteiger charge is 2.19. The summed E-state index contributed by atoms with van der Waals surface area (Å²) in [4.78, 5) is 12.5. The number of benzene rings is 2. The molecule has 0 saturated heterocycles. The third-order valence-electron chi connectivity index (χ3n) is 5.68. The number of ether oxygens (including phenoxy) is 1. The first-order chi connectivity index (χ1) is 18.2. The smallest absolute Gasteiger partial charge is 0.250 e. The number of nitrogens with zero attached hydrogens (tertiary/aromatic N) is 4.